The lowest BCUT2D eigenvalue weighted by Gasteiger charge is -2.20. The van der Waals surface area contributed by atoms with Crippen molar-refractivity contribution >= 4 is 16.9 Å². The molecular formula is C18H23N3O2. The Morgan fingerprint density at radius 2 is 1.96 bits per heavy atom. The van der Waals surface area contributed by atoms with Crippen LogP contribution in [0.3, 0.4) is 0 Å². The molecule has 1 aromatic carbocycles. The standard InChI is InChI=1S/C18H23N3O2/c1-3-11-20(12-4-2)18(23)14-21-16-9-6-5-8-15(16)19-17(21)10-7-13-22/h3-6,8-9,22H,1-2,7,10-14H2. The highest BCUT2D eigenvalue weighted by molar-refractivity contribution is 5.81. The van der Waals surface area contributed by atoms with Gasteiger partial charge in [0.25, 0.3) is 0 Å². The topological polar surface area (TPSA) is 58.4 Å². The zero-order valence-electron chi connectivity index (χ0n) is 13.3. The molecule has 0 unspecified atom stereocenters. The minimum absolute atomic E-state index is 0.00167. The molecule has 0 aliphatic rings. The predicted octanol–water partition coefficient (Wildman–Crippen LogP) is 2.16. The average Bonchev–Trinajstić information content (AvgIpc) is 2.90. The van der Waals surface area contributed by atoms with Crippen molar-refractivity contribution in [1.82, 2.24) is 14.5 Å². The van der Waals surface area contributed by atoms with E-state index in [-0.39, 0.29) is 19.1 Å². The van der Waals surface area contributed by atoms with E-state index in [1.54, 1.807) is 17.1 Å². The summed E-state index contributed by atoms with van der Waals surface area (Å²) in [7, 11) is 0. The van der Waals surface area contributed by atoms with Gasteiger partial charge in [0.1, 0.15) is 12.4 Å². The highest BCUT2D eigenvalue weighted by Crippen LogP contribution is 2.17. The Bertz CT molecular complexity index is 681. The molecule has 1 heterocycles. The number of benzene rings is 1. The van der Waals surface area contributed by atoms with Crippen LogP contribution in [-0.4, -0.2) is 45.2 Å². The number of aromatic nitrogens is 2. The lowest BCUT2D eigenvalue weighted by atomic mass is 10.3. The summed E-state index contributed by atoms with van der Waals surface area (Å²) < 4.78 is 1.94. The summed E-state index contributed by atoms with van der Waals surface area (Å²) >= 11 is 0. The van der Waals surface area contributed by atoms with Crippen LogP contribution in [-0.2, 0) is 17.8 Å². The maximum atomic E-state index is 12.6. The molecule has 5 heteroatoms. The molecule has 23 heavy (non-hydrogen) atoms. The zero-order chi connectivity index (χ0) is 16.7. The maximum Gasteiger partial charge on any atom is 0.243 e. The molecule has 0 spiro atoms. The molecule has 5 nitrogen and oxygen atoms in total. The van der Waals surface area contributed by atoms with E-state index in [0.717, 1.165) is 16.9 Å². The van der Waals surface area contributed by atoms with E-state index >= 15 is 0 Å². The first-order valence-corrected chi connectivity index (χ1v) is 7.75. The molecule has 2 rings (SSSR count). The molecule has 122 valence electrons. The Morgan fingerprint density at radius 1 is 1.26 bits per heavy atom. The van der Waals surface area contributed by atoms with Crippen LogP contribution in [0.1, 0.15) is 12.2 Å². The lowest BCUT2D eigenvalue weighted by molar-refractivity contribution is -0.130. The number of fused-ring (bicyclic) bond motifs is 1. The molecule has 0 radical (unpaired) electrons. The molecule has 0 atom stereocenters. The van der Waals surface area contributed by atoms with E-state index < -0.39 is 0 Å². The number of hydrogen-bond acceptors (Lipinski definition) is 3. The summed E-state index contributed by atoms with van der Waals surface area (Å²) in [6.45, 7) is 8.70. The number of imidazole rings is 1. The van der Waals surface area contributed by atoms with Gasteiger partial charge >= 0.3 is 0 Å². The van der Waals surface area contributed by atoms with Crippen molar-refractivity contribution in [2.75, 3.05) is 19.7 Å². The summed E-state index contributed by atoms with van der Waals surface area (Å²) in [5.74, 6) is 0.823. The van der Waals surface area contributed by atoms with Crippen molar-refractivity contribution in [3.8, 4) is 0 Å². The summed E-state index contributed by atoms with van der Waals surface area (Å²) in [6.07, 6.45) is 4.68. The summed E-state index contributed by atoms with van der Waals surface area (Å²) in [4.78, 5) is 18.9. The summed E-state index contributed by atoms with van der Waals surface area (Å²) in [5.41, 5.74) is 1.80. The Hall–Kier alpha value is -2.40. The number of para-hydroxylation sites is 2. The second-order valence-electron chi connectivity index (χ2n) is 5.31. The normalized spacial score (nSPS) is 10.7. The van der Waals surface area contributed by atoms with Crippen LogP contribution in [0.4, 0.5) is 0 Å². The second kappa shape index (κ2) is 8.29. The number of amides is 1. The number of nitrogens with zero attached hydrogens (tertiary/aromatic N) is 3. The van der Waals surface area contributed by atoms with Crippen molar-refractivity contribution in [2.24, 2.45) is 0 Å². The number of carbonyl (C=O) groups is 1. The second-order valence-corrected chi connectivity index (χ2v) is 5.31. The van der Waals surface area contributed by atoms with Gasteiger partial charge in [-0.05, 0) is 18.6 Å². The van der Waals surface area contributed by atoms with Crippen molar-refractivity contribution in [2.45, 2.75) is 19.4 Å². The van der Waals surface area contributed by atoms with Gasteiger partial charge in [0, 0.05) is 26.1 Å². The van der Waals surface area contributed by atoms with E-state index in [9.17, 15) is 4.79 Å². The van der Waals surface area contributed by atoms with Gasteiger partial charge in [0.05, 0.1) is 11.0 Å². The SMILES string of the molecule is C=CCN(CC=C)C(=O)Cn1c(CCCO)nc2ccccc21. The largest absolute Gasteiger partial charge is 0.396 e. The lowest BCUT2D eigenvalue weighted by Crippen LogP contribution is -2.34. The smallest absolute Gasteiger partial charge is 0.243 e. The first kappa shape index (κ1) is 17.0. The summed E-state index contributed by atoms with van der Waals surface area (Å²) in [6, 6.07) is 7.76. The molecule has 0 saturated carbocycles. The van der Waals surface area contributed by atoms with Crippen molar-refractivity contribution < 1.29 is 9.90 Å². The van der Waals surface area contributed by atoms with Crippen LogP contribution in [0.25, 0.3) is 11.0 Å². The Balaban J connectivity index is 2.30. The van der Waals surface area contributed by atoms with Crippen LogP contribution in [0.15, 0.2) is 49.6 Å². The third-order valence-electron chi connectivity index (χ3n) is 3.64. The number of aryl methyl sites for hydroxylation is 1. The van der Waals surface area contributed by atoms with Crippen LogP contribution < -0.4 is 0 Å². The Kier molecular flexibility index (Phi) is 6.11. The third kappa shape index (κ3) is 4.07. The molecule has 0 aliphatic heterocycles. The van der Waals surface area contributed by atoms with Crippen LogP contribution in [0.2, 0.25) is 0 Å². The molecule has 1 amide bonds. The first-order chi connectivity index (χ1) is 11.2. The number of carbonyl (C=O) groups excluding carboxylic acids is 1. The highest BCUT2D eigenvalue weighted by Gasteiger charge is 2.16. The fourth-order valence-corrected chi connectivity index (χ4v) is 2.55. The van der Waals surface area contributed by atoms with E-state index in [1.807, 2.05) is 28.8 Å². The van der Waals surface area contributed by atoms with Gasteiger partial charge in [-0.25, -0.2) is 4.98 Å². The van der Waals surface area contributed by atoms with Gasteiger partial charge in [-0.15, -0.1) is 13.2 Å². The number of aliphatic hydroxyl groups is 1. The monoisotopic (exact) mass is 313 g/mol. The predicted molar refractivity (Wildman–Crippen MR) is 92.1 cm³/mol. The molecule has 0 fully saturated rings. The average molecular weight is 313 g/mol. The van der Waals surface area contributed by atoms with Crippen LogP contribution in [0.5, 0.6) is 0 Å². The van der Waals surface area contributed by atoms with Crippen molar-refractivity contribution in [3.05, 3.63) is 55.4 Å². The molecule has 1 aromatic heterocycles. The molecule has 0 saturated heterocycles. The van der Waals surface area contributed by atoms with Gasteiger partial charge < -0.3 is 14.6 Å². The van der Waals surface area contributed by atoms with Crippen molar-refractivity contribution in [1.29, 1.82) is 0 Å². The van der Waals surface area contributed by atoms with Gasteiger partial charge in [-0.2, -0.15) is 0 Å². The van der Waals surface area contributed by atoms with Crippen LogP contribution in [0, 0.1) is 0 Å². The van der Waals surface area contributed by atoms with E-state index in [2.05, 4.69) is 18.1 Å². The third-order valence-corrected chi connectivity index (χ3v) is 3.64. The van der Waals surface area contributed by atoms with Gasteiger partial charge in [-0.1, -0.05) is 24.3 Å². The first-order valence-electron chi connectivity index (χ1n) is 7.75. The Morgan fingerprint density at radius 3 is 2.61 bits per heavy atom. The minimum Gasteiger partial charge on any atom is -0.396 e. The van der Waals surface area contributed by atoms with Gasteiger partial charge in [0.15, 0.2) is 0 Å². The number of hydrogen-bond donors (Lipinski definition) is 1. The Labute approximate surface area is 136 Å². The molecule has 2 aromatic rings. The molecule has 1 N–H and O–H groups in total. The minimum atomic E-state index is -0.00167. The van der Waals surface area contributed by atoms with Gasteiger partial charge in [-0.3, -0.25) is 4.79 Å². The van der Waals surface area contributed by atoms with Crippen molar-refractivity contribution in [3.63, 3.8) is 0 Å². The van der Waals surface area contributed by atoms with E-state index in [4.69, 9.17) is 5.11 Å². The molecule has 0 aliphatic carbocycles. The fourth-order valence-electron chi connectivity index (χ4n) is 2.55. The summed E-state index contributed by atoms with van der Waals surface area (Å²) in [5, 5.41) is 9.07. The zero-order valence-corrected chi connectivity index (χ0v) is 13.3. The highest BCUT2D eigenvalue weighted by atomic mass is 16.3. The van der Waals surface area contributed by atoms with E-state index in [0.29, 0.717) is 25.9 Å². The molecular weight excluding hydrogens is 290 g/mol. The number of aliphatic hydroxyl groups excluding tert-OH is 1. The van der Waals surface area contributed by atoms with E-state index in [1.165, 1.54) is 0 Å². The van der Waals surface area contributed by atoms with Gasteiger partial charge in [0.2, 0.25) is 5.91 Å². The van der Waals surface area contributed by atoms with Crippen LogP contribution >= 0.6 is 0 Å². The fraction of sp³-hybridized carbons (Fsp3) is 0.333. The maximum absolute atomic E-state index is 12.6. The quantitative estimate of drug-likeness (QED) is 0.722. The number of rotatable bonds is 9. The molecule has 0 bridgehead atoms.